The molecule has 0 aliphatic heterocycles. The van der Waals surface area contributed by atoms with E-state index in [-0.39, 0.29) is 17.9 Å². The van der Waals surface area contributed by atoms with Crippen LogP contribution in [0, 0.1) is 0 Å². The molecule has 0 saturated heterocycles. The Kier molecular flexibility index (Phi) is 8.29. The summed E-state index contributed by atoms with van der Waals surface area (Å²) in [7, 11) is 0. The van der Waals surface area contributed by atoms with Gasteiger partial charge in [-0.25, -0.2) is 4.79 Å². The van der Waals surface area contributed by atoms with Crippen molar-refractivity contribution in [3.8, 4) is 0 Å². The van der Waals surface area contributed by atoms with Crippen molar-refractivity contribution >= 4 is 51.7 Å². The maximum atomic E-state index is 12.4. The Balaban J connectivity index is 2.20. The Labute approximate surface area is 172 Å². The Morgan fingerprint density at radius 2 is 1.86 bits per heavy atom. The van der Waals surface area contributed by atoms with E-state index in [0.29, 0.717) is 54.5 Å². The number of rotatable bonds is 10. The summed E-state index contributed by atoms with van der Waals surface area (Å²) in [6.45, 7) is 4.20. The first-order valence-corrected chi connectivity index (χ1v) is 10.0. The molecule has 0 radical (unpaired) electrons. The summed E-state index contributed by atoms with van der Waals surface area (Å²) >= 11 is 11.5. The fraction of sp³-hybridized carbons (Fsp3) is 0.421. The molecule has 7 nitrogen and oxygen atoms in total. The number of hydrogen-bond acceptors (Lipinski definition) is 4. The number of hydrogen-bond donors (Lipinski definition) is 2. The van der Waals surface area contributed by atoms with Crippen LogP contribution in [0.2, 0.25) is 0 Å². The second kappa shape index (κ2) is 10.5. The molecule has 1 amide bonds. The predicted octanol–water partition coefficient (Wildman–Crippen LogP) is 2.83. The fourth-order valence-corrected chi connectivity index (χ4v) is 3.42. The minimum absolute atomic E-state index is 0.166. The number of pyridine rings is 1. The molecule has 28 heavy (non-hydrogen) atoms. The molecule has 0 aliphatic carbocycles. The third-order valence-corrected chi connectivity index (χ3v) is 4.73. The molecule has 152 valence electrons. The summed E-state index contributed by atoms with van der Waals surface area (Å²) in [6.07, 6.45) is 1.61. The number of benzene rings is 1. The summed E-state index contributed by atoms with van der Waals surface area (Å²) in [4.78, 5) is 37.9. The summed E-state index contributed by atoms with van der Waals surface area (Å²) in [6, 6.07) is 4.82. The first-order valence-electron chi connectivity index (χ1n) is 8.95. The molecule has 0 bridgehead atoms. The number of carbonyl (C=O) groups excluding carboxylic acids is 1. The minimum atomic E-state index is -1.26. The molecule has 1 aromatic carbocycles. The van der Waals surface area contributed by atoms with Crippen molar-refractivity contribution in [1.29, 1.82) is 0 Å². The highest BCUT2D eigenvalue weighted by Crippen LogP contribution is 2.18. The molecule has 1 heterocycles. The maximum absolute atomic E-state index is 12.4. The highest BCUT2D eigenvalue weighted by atomic mass is 35.5. The number of carbonyl (C=O) groups is 2. The number of anilines is 1. The summed E-state index contributed by atoms with van der Waals surface area (Å²) in [5, 5.41) is 12.3. The first-order chi connectivity index (χ1) is 13.4. The molecule has 0 fully saturated rings. The van der Waals surface area contributed by atoms with Crippen LogP contribution in [0.15, 0.2) is 29.2 Å². The Hall–Kier alpha value is -2.09. The van der Waals surface area contributed by atoms with Gasteiger partial charge >= 0.3 is 5.97 Å². The van der Waals surface area contributed by atoms with E-state index in [2.05, 4.69) is 5.32 Å². The average molecular weight is 428 g/mol. The van der Waals surface area contributed by atoms with Crippen molar-refractivity contribution in [2.75, 3.05) is 36.7 Å². The van der Waals surface area contributed by atoms with Gasteiger partial charge in [-0.3, -0.25) is 9.59 Å². The van der Waals surface area contributed by atoms with E-state index in [0.717, 1.165) is 0 Å². The Bertz CT molecular complexity index is 908. The van der Waals surface area contributed by atoms with Crippen molar-refractivity contribution in [2.45, 2.75) is 19.9 Å². The summed E-state index contributed by atoms with van der Waals surface area (Å²) in [5.41, 5.74) is 0.303. The number of aromatic carboxylic acids is 1. The minimum Gasteiger partial charge on any atom is -0.477 e. The van der Waals surface area contributed by atoms with Crippen molar-refractivity contribution < 1.29 is 14.7 Å². The smallest absolute Gasteiger partial charge is 0.341 e. The zero-order valence-corrected chi connectivity index (χ0v) is 17.1. The van der Waals surface area contributed by atoms with Crippen LogP contribution in [-0.4, -0.2) is 57.8 Å². The van der Waals surface area contributed by atoms with Crippen LogP contribution in [0.4, 0.5) is 5.69 Å². The lowest BCUT2D eigenvalue weighted by atomic mass is 10.1. The molecule has 0 spiro atoms. The second-order valence-electron chi connectivity index (χ2n) is 6.21. The maximum Gasteiger partial charge on any atom is 0.341 e. The van der Waals surface area contributed by atoms with Gasteiger partial charge in [-0.05, 0) is 25.1 Å². The molecule has 9 heteroatoms. The normalized spacial score (nSPS) is 11.1. The standard InChI is InChI=1S/C19H23Cl2N3O4/c1-2-24-12-15(19(27)28)18(26)14-4-3-13(11-16(14)24)22-17(25)5-8-23(9-6-20)10-7-21/h3-4,11-12H,2,5-10H2,1H3,(H,22,25)(H,27,28). The molecular weight excluding hydrogens is 405 g/mol. The zero-order chi connectivity index (χ0) is 20.7. The van der Waals surface area contributed by atoms with Gasteiger partial charge in [0.2, 0.25) is 11.3 Å². The van der Waals surface area contributed by atoms with Crippen LogP contribution in [-0.2, 0) is 11.3 Å². The molecule has 1 aromatic heterocycles. The second-order valence-corrected chi connectivity index (χ2v) is 6.97. The van der Waals surface area contributed by atoms with Gasteiger partial charge in [-0.2, -0.15) is 0 Å². The molecule has 0 unspecified atom stereocenters. The summed E-state index contributed by atoms with van der Waals surface area (Å²) in [5.74, 6) is -0.488. The highest BCUT2D eigenvalue weighted by Gasteiger charge is 2.15. The molecule has 2 aromatic rings. The number of amides is 1. The zero-order valence-electron chi connectivity index (χ0n) is 15.6. The highest BCUT2D eigenvalue weighted by molar-refractivity contribution is 6.18. The quantitative estimate of drug-likeness (QED) is 0.568. The lowest BCUT2D eigenvalue weighted by Crippen LogP contribution is -2.31. The van der Waals surface area contributed by atoms with Gasteiger partial charge in [-0.15, -0.1) is 23.2 Å². The number of carboxylic acids is 1. The SMILES string of the molecule is CCn1cc(C(=O)O)c(=O)c2ccc(NC(=O)CCN(CCCl)CCCl)cc21. The van der Waals surface area contributed by atoms with Crippen LogP contribution in [0.3, 0.4) is 0 Å². The molecular formula is C19H23Cl2N3O4. The lowest BCUT2D eigenvalue weighted by Gasteiger charge is -2.19. The Morgan fingerprint density at radius 3 is 2.43 bits per heavy atom. The fourth-order valence-electron chi connectivity index (χ4n) is 2.94. The Morgan fingerprint density at radius 1 is 1.18 bits per heavy atom. The number of aryl methyl sites for hydroxylation is 1. The van der Waals surface area contributed by atoms with Crippen molar-refractivity contribution in [2.24, 2.45) is 0 Å². The van der Waals surface area contributed by atoms with Gasteiger partial charge in [0.15, 0.2) is 0 Å². The van der Waals surface area contributed by atoms with Gasteiger partial charge < -0.3 is 19.9 Å². The summed E-state index contributed by atoms with van der Waals surface area (Å²) < 4.78 is 1.68. The third kappa shape index (κ3) is 5.47. The van der Waals surface area contributed by atoms with Gasteiger partial charge in [0.25, 0.3) is 0 Å². The van der Waals surface area contributed by atoms with Gasteiger partial charge in [0.1, 0.15) is 5.56 Å². The largest absolute Gasteiger partial charge is 0.477 e. The van der Waals surface area contributed by atoms with Crippen LogP contribution < -0.4 is 10.7 Å². The average Bonchev–Trinajstić information content (AvgIpc) is 2.66. The van der Waals surface area contributed by atoms with Crippen LogP contribution in [0.5, 0.6) is 0 Å². The number of alkyl halides is 2. The van der Waals surface area contributed by atoms with Crippen molar-refractivity contribution in [3.63, 3.8) is 0 Å². The van der Waals surface area contributed by atoms with E-state index in [1.807, 2.05) is 11.8 Å². The predicted molar refractivity (Wildman–Crippen MR) is 112 cm³/mol. The first kappa shape index (κ1) is 22.2. The van der Waals surface area contributed by atoms with E-state index >= 15 is 0 Å². The van der Waals surface area contributed by atoms with E-state index in [4.69, 9.17) is 23.2 Å². The number of fused-ring (bicyclic) bond motifs is 1. The molecule has 2 rings (SSSR count). The van der Waals surface area contributed by atoms with Crippen LogP contribution >= 0.6 is 23.2 Å². The lowest BCUT2D eigenvalue weighted by molar-refractivity contribution is -0.116. The molecule has 0 saturated carbocycles. The van der Waals surface area contributed by atoms with E-state index in [1.54, 1.807) is 22.8 Å². The van der Waals surface area contributed by atoms with E-state index in [1.165, 1.54) is 6.20 Å². The van der Waals surface area contributed by atoms with Crippen LogP contribution in [0.1, 0.15) is 23.7 Å². The number of aromatic nitrogens is 1. The van der Waals surface area contributed by atoms with Crippen molar-refractivity contribution in [3.05, 3.63) is 40.2 Å². The topological polar surface area (TPSA) is 91.6 Å². The number of nitrogens with zero attached hydrogens (tertiary/aromatic N) is 2. The number of nitrogens with one attached hydrogen (secondary N) is 1. The van der Waals surface area contributed by atoms with Gasteiger partial charge in [0.05, 0.1) is 5.52 Å². The monoisotopic (exact) mass is 427 g/mol. The van der Waals surface area contributed by atoms with Gasteiger partial charge in [-0.1, -0.05) is 0 Å². The van der Waals surface area contributed by atoms with E-state index < -0.39 is 11.4 Å². The number of halogens is 2. The van der Waals surface area contributed by atoms with Gasteiger partial charge in [0, 0.05) is 61.6 Å². The molecule has 0 aliphatic rings. The van der Waals surface area contributed by atoms with Crippen molar-refractivity contribution in [1.82, 2.24) is 9.47 Å². The molecule has 0 atom stereocenters. The molecule has 2 N–H and O–H groups in total. The van der Waals surface area contributed by atoms with Crippen LogP contribution in [0.25, 0.3) is 10.9 Å². The number of carboxylic acid groups (broad SMARTS) is 1. The third-order valence-electron chi connectivity index (χ3n) is 4.39. The van der Waals surface area contributed by atoms with E-state index in [9.17, 15) is 19.5 Å².